The Kier molecular flexibility index (Phi) is 5.34. The molecule has 0 fully saturated rings. The topological polar surface area (TPSA) is 75.6 Å². The molecule has 110 valence electrons. The number of hydrogen-bond acceptors (Lipinski definition) is 3. The number of amides is 1. The van der Waals surface area contributed by atoms with Crippen LogP contribution in [0.15, 0.2) is 18.2 Å². The third-order valence-electron chi connectivity index (χ3n) is 2.03. The molecule has 20 heavy (non-hydrogen) atoms. The van der Waals surface area contributed by atoms with E-state index in [1.807, 2.05) is 0 Å². The summed E-state index contributed by atoms with van der Waals surface area (Å²) in [6, 6.07) is 2.45. The molecule has 0 aliphatic heterocycles. The van der Waals surface area contributed by atoms with Gasteiger partial charge in [-0.05, 0) is 18.2 Å². The Morgan fingerprint density at radius 2 is 1.95 bits per heavy atom. The molecular formula is C11H9ClF3NO4. The van der Waals surface area contributed by atoms with E-state index in [0.717, 1.165) is 12.1 Å². The molecule has 0 saturated carbocycles. The molecule has 0 spiro atoms. The van der Waals surface area contributed by atoms with Crippen molar-refractivity contribution in [2.75, 3.05) is 18.5 Å². The number of anilines is 1. The van der Waals surface area contributed by atoms with E-state index in [9.17, 15) is 22.8 Å². The van der Waals surface area contributed by atoms with Crippen molar-refractivity contribution >= 4 is 29.2 Å². The van der Waals surface area contributed by atoms with Crippen molar-refractivity contribution in [3.63, 3.8) is 0 Å². The molecule has 1 amide bonds. The third-order valence-corrected chi connectivity index (χ3v) is 2.36. The molecule has 0 heterocycles. The Bertz CT molecular complexity index is 519. The lowest BCUT2D eigenvalue weighted by atomic mass is 10.2. The maximum absolute atomic E-state index is 12.5. The van der Waals surface area contributed by atoms with E-state index in [-0.39, 0.29) is 10.7 Å². The fourth-order valence-electron chi connectivity index (χ4n) is 1.21. The largest absolute Gasteiger partial charge is 0.480 e. The Hall–Kier alpha value is -1.80. The first kappa shape index (κ1) is 16.3. The summed E-state index contributed by atoms with van der Waals surface area (Å²) >= 11 is 5.66. The van der Waals surface area contributed by atoms with Gasteiger partial charge in [0.25, 0.3) is 0 Å². The van der Waals surface area contributed by atoms with E-state index in [4.69, 9.17) is 16.7 Å². The van der Waals surface area contributed by atoms with Crippen molar-refractivity contribution in [1.29, 1.82) is 0 Å². The van der Waals surface area contributed by atoms with Crippen molar-refractivity contribution in [1.82, 2.24) is 0 Å². The average Bonchev–Trinajstić information content (AvgIpc) is 2.30. The molecular weight excluding hydrogens is 303 g/mol. The van der Waals surface area contributed by atoms with Crippen molar-refractivity contribution < 1.29 is 32.6 Å². The molecule has 0 bridgehead atoms. The van der Waals surface area contributed by atoms with Crippen molar-refractivity contribution in [3.8, 4) is 0 Å². The van der Waals surface area contributed by atoms with Gasteiger partial charge in [-0.15, -0.1) is 0 Å². The number of halogens is 4. The van der Waals surface area contributed by atoms with E-state index in [1.54, 1.807) is 0 Å². The van der Waals surface area contributed by atoms with Crippen LogP contribution in [0.3, 0.4) is 0 Å². The monoisotopic (exact) mass is 311 g/mol. The number of rotatable bonds is 5. The number of benzene rings is 1. The second-order valence-electron chi connectivity index (χ2n) is 3.63. The average molecular weight is 312 g/mol. The first-order chi connectivity index (χ1) is 9.20. The summed E-state index contributed by atoms with van der Waals surface area (Å²) in [7, 11) is 0. The number of carboxylic acids is 1. The van der Waals surface area contributed by atoms with Gasteiger partial charge in [0.1, 0.15) is 13.2 Å². The fourth-order valence-corrected chi connectivity index (χ4v) is 1.38. The van der Waals surface area contributed by atoms with E-state index < -0.39 is 36.8 Å². The summed E-state index contributed by atoms with van der Waals surface area (Å²) < 4.78 is 41.9. The summed E-state index contributed by atoms with van der Waals surface area (Å²) in [5, 5.41) is 10.3. The van der Waals surface area contributed by atoms with E-state index in [1.165, 1.54) is 0 Å². The van der Waals surface area contributed by atoms with Crippen LogP contribution in [0.2, 0.25) is 5.02 Å². The van der Waals surface area contributed by atoms with E-state index in [0.29, 0.717) is 6.07 Å². The van der Waals surface area contributed by atoms with Gasteiger partial charge in [0.2, 0.25) is 5.91 Å². The number of carboxylic acid groups (broad SMARTS) is 1. The standard InChI is InChI=1S/C11H9ClF3NO4/c12-7-2-1-6(11(13,14)15)3-8(7)16-9(17)4-20-5-10(18)19/h1-3H,4-5H2,(H,16,17)(H,18,19). The number of carbonyl (C=O) groups is 2. The molecule has 5 nitrogen and oxygen atoms in total. The zero-order chi connectivity index (χ0) is 15.3. The van der Waals surface area contributed by atoms with Gasteiger partial charge in [0.05, 0.1) is 16.3 Å². The molecule has 0 aromatic heterocycles. The summed E-state index contributed by atoms with van der Waals surface area (Å²) in [5.74, 6) is -2.08. The lowest BCUT2D eigenvalue weighted by Gasteiger charge is -2.11. The van der Waals surface area contributed by atoms with Crippen LogP contribution in [0, 0.1) is 0 Å². The SMILES string of the molecule is O=C(O)COCC(=O)Nc1cc(C(F)(F)F)ccc1Cl. The maximum Gasteiger partial charge on any atom is 0.416 e. The quantitative estimate of drug-likeness (QED) is 0.875. The van der Waals surface area contributed by atoms with Crippen LogP contribution < -0.4 is 5.32 Å². The Labute approximate surface area is 116 Å². The summed E-state index contributed by atoms with van der Waals surface area (Å²) in [6.45, 7) is -1.30. The maximum atomic E-state index is 12.5. The lowest BCUT2D eigenvalue weighted by molar-refractivity contribution is -0.143. The molecule has 0 saturated heterocycles. The van der Waals surface area contributed by atoms with Crippen LogP contribution in [0.1, 0.15) is 5.56 Å². The van der Waals surface area contributed by atoms with E-state index >= 15 is 0 Å². The number of nitrogens with one attached hydrogen (secondary N) is 1. The van der Waals surface area contributed by atoms with Crippen LogP contribution in [-0.2, 0) is 20.5 Å². The van der Waals surface area contributed by atoms with E-state index in [2.05, 4.69) is 10.1 Å². The van der Waals surface area contributed by atoms with Gasteiger partial charge < -0.3 is 15.2 Å². The second-order valence-corrected chi connectivity index (χ2v) is 4.03. The predicted octanol–water partition coefficient (Wildman–Crippen LogP) is 2.40. The first-order valence-electron chi connectivity index (χ1n) is 5.16. The minimum Gasteiger partial charge on any atom is -0.480 e. The Balaban J connectivity index is 2.71. The van der Waals surface area contributed by atoms with Crippen LogP contribution >= 0.6 is 11.6 Å². The lowest BCUT2D eigenvalue weighted by Crippen LogP contribution is -2.21. The summed E-state index contributed by atoms with van der Waals surface area (Å²) in [5.41, 5.74) is -1.20. The van der Waals surface area contributed by atoms with Crippen LogP contribution in [0.25, 0.3) is 0 Å². The number of ether oxygens (including phenoxy) is 1. The summed E-state index contributed by atoms with van der Waals surface area (Å²) in [6.07, 6.45) is -4.57. The minimum absolute atomic E-state index is 0.0791. The number of aliphatic carboxylic acids is 1. The zero-order valence-electron chi connectivity index (χ0n) is 9.83. The van der Waals surface area contributed by atoms with Gasteiger partial charge in [-0.2, -0.15) is 13.2 Å². The zero-order valence-corrected chi connectivity index (χ0v) is 10.6. The normalized spacial score (nSPS) is 11.2. The summed E-state index contributed by atoms with van der Waals surface area (Å²) in [4.78, 5) is 21.5. The molecule has 0 unspecified atom stereocenters. The van der Waals surface area contributed by atoms with Crippen molar-refractivity contribution in [3.05, 3.63) is 28.8 Å². The number of carbonyl (C=O) groups excluding carboxylic acids is 1. The van der Waals surface area contributed by atoms with Gasteiger partial charge in [-0.1, -0.05) is 11.6 Å². The smallest absolute Gasteiger partial charge is 0.416 e. The van der Waals surface area contributed by atoms with Gasteiger partial charge in [-0.25, -0.2) is 4.79 Å². The Morgan fingerprint density at radius 1 is 1.30 bits per heavy atom. The minimum atomic E-state index is -4.57. The third kappa shape index (κ3) is 5.06. The molecule has 2 N–H and O–H groups in total. The molecule has 0 aliphatic rings. The second kappa shape index (κ2) is 6.58. The Morgan fingerprint density at radius 3 is 2.50 bits per heavy atom. The van der Waals surface area contributed by atoms with Crippen molar-refractivity contribution in [2.45, 2.75) is 6.18 Å². The highest BCUT2D eigenvalue weighted by molar-refractivity contribution is 6.33. The van der Waals surface area contributed by atoms with Crippen LogP contribution in [0.4, 0.5) is 18.9 Å². The number of alkyl halides is 3. The predicted molar refractivity (Wildman–Crippen MR) is 63.5 cm³/mol. The highest BCUT2D eigenvalue weighted by Crippen LogP contribution is 2.33. The van der Waals surface area contributed by atoms with Crippen LogP contribution in [-0.4, -0.2) is 30.2 Å². The fraction of sp³-hybridized carbons (Fsp3) is 0.273. The first-order valence-corrected chi connectivity index (χ1v) is 5.54. The molecule has 1 rings (SSSR count). The highest BCUT2D eigenvalue weighted by atomic mass is 35.5. The molecule has 0 radical (unpaired) electrons. The molecule has 9 heteroatoms. The molecule has 0 atom stereocenters. The highest BCUT2D eigenvalue weighted by Gasteiger charge is 2.31. The molecule has 0 aliphatic carbocycles. The van der Waals surface area contributed by atoms with Crippen molar-refractivity contribution in [2.24, 2.45) is 0 Å². The molecule has 1 aromatic rings. The molecule has 1 aromatic carbocycles. The van der Waals surface area contributed by atoms with Crippen LogP contribution in [0.5, 0.6) is 0 Å². The van der Waals surface area contributed by atoms with Gasteiger partial charge in [0, 0.05) is 0 Å². The van der Waals surface area contributed by atoms with Gasteiger partial charge >= 0.3 is 12.1 Å². The van der Waals surface area contributed by atoms with Gasteiger partial charge in [0.15, 0.2) is 0 Å². The van der Waals surface area contributed by atoms with Gasteiger partial charge in [-0.3, -0.25) is 4.79 Å². The number of hydrogen-bond donors (Lipinski definition) is 2.